The standard InChI is InChI=1S/C26H28N2O3S/c1-3-4-8-20-11-14-23(15-12-20)27-26(29)21-13-16-25-22(18-21)17-19(2)28(25)32(30,31)24-9-6-5-7-10-24/h5-7,9-16,18-19H,3-4,8,17H2,1-2H3,(H,27,29)/t19-/m0/s1. The number of hydrogen-bond acceptors (Lipinski definition) is 3. The van der Waals surface area contributed by atoms with E-state index in [9.17, 15) is 13.2 Å². The Labute approximate surface area is 190 Å². The number of nitrogens with zero attached hydrogens (tertiary/aromatic N) is 1. The largest absolute Gasteiger partial charge is 0.322 e. The highest BCUT2D eigenvalue weighted by molar-refractivity contribution is 7.92. The first kappa shape index (κ1) is 22.1. The molecule has 0 fully saturated rings. The number of unbranched alkanes of at least 4 members (excludes halogenated alkanes) is 1. The smallest absolute Gasteiger partial charge is 0.264 e. The lowest BCUT2D eigenvalue weighted by molar-refractivity contribution is 0.102. The highest BCUT2D eigenvalue weighted by atomic mass is 32.2. The molecular formula is C26H28N2O3S. The van der Waals surface area contributed by atoms with Crippen molar-refractivity contribution in [2.24, 2.45) is 0 Å². The quantitative estimate of drug-likeness (QED) is 0.525. The maximum atomic E-state index is 13.2. The second-order valence-electron chi connectivity index (χ2n) is 8.27. The van der Waals surface area contributed by atoms with Gasteiger partial charge in [-0.25, -0.2) is 8.42 Å². The van der Waals surface area contributed by atoms with E-state index in [1.807, 2.05) is 31.2 Å². The minimum absolute atomic E-state index is 0.203. The molecule has 1 N–H and O–H groups in total. The Balaban J connectivity index is 1.53. The zero-order valence-electron chi connectivity index (χ0n) is 18.4. The normalized spacial score (nSPS) is 15.4. The lowest BCUT2D eigenvalue weighted by atomic mass is 10.1. The van der Waals surface area contributed by atoms with Gasteiger partial charge in [0, 0.05) is 17.3 Å². The van der Waals surface area contributed by atoms with Crippen LogP contribution in [0.4, 0.5) is 11.4 Å². The van der Waals surface area contributed by atoms with Gasteiger partial charge in [0.2, 0.25) is 0 Å². The lowest BCUT2D eigenvalue weighted by Gasteiger charge is -2.24. The first-order chi connectivity index (χ1) is 15.4. The van der Waals surface area contributed by atoms with E-state index < -0.39 is 10.0 Å². The molecule has 0 spiro atoms. The second kappa shape index (κ2) is 9.17. The number of fused-ring (bicyclic) bond motifs is 1. The number of hydrogen-bond donors (Lipinski definition) is 1. The van der Waals surface area contributed by atoms with Crippen molar-refractivity contribution in [2.75, 3.05) is 9.62 Å². The summed E-state index contributed by atoms with van der Waals surface area (Å²) < 4.78 is 27.9. The molecule has 1 aliphatic rings. The maximum absolute atomic E-state index is 13.2. The number of sulfonamides is 1. The van der Waals surface area contributed by atoms with Gasteiger partial charge >= 0.3 is 0 Å². The molecule has 166 valence electrons. The summed E-state index contributed by atoms with van der Waals surface area (Å²) in [4.78, 5) is 13.1. The molecule has 1 heterocycles. The summed E-state index contributed by atoms with van der Waals surface area (Å²) in [5.74, 6) is -0.203. The van der Waals surface area contributed by atoms with Gasteiger partial charge in [0.1, 0.15) is 0 Å². The van der Waals surface area contributed by atoms with Crippen molar-refractivity contribution >= 4 is 27.3 Å². The number of amides is 1. The third kappa shape index (κ3) is 4.41. The number of anilines is 2. The van der Waals surface area contributed by atoms with E-state index in [1.54, 1.807) is 48.5 Å². The van der Waals surface area contributed by atoms with Crippen LogP contribution in [-0.2, 0) is 22.9 Å². The van der Waals surface area contributed by atoms with Gasteiger partial charge in [-0.3, -0.25) is 9.10 Å². The molecule has 5 nitrogen and oxygen atoms in total. The minimum atomic E-state index is -3.66. The average molecular weight is 449 g/mol. The van der Waals surface area contributed by atoms with Gasteiger partial charge in [0.05, 0.1) is 10.6 Å². The van der Waals surface area contributed by atoms with Gasteiger partial charge in [0.25, 0.3) is 15.9 Å². The van der Waals surface area contributed by atoms with Crippen molar-refractivity contribution < 1.29 is 13.2 Å². The van der Waals surface area contributed by atoms with Crippen LogP contribution in [-0.4, -0.2) is 20.4 Å². The van der Waals surface area contributed by atoms with E-state index in [0.29, 0.717) is 17.7 Å². The molecule has 1 amide bonds. The number of rotatable bonds is 7. The molecule has 0 saturated carbocycles. The summed E-state index contributed by atoms with van der Waals surface area (Å²) >= 11 is 0. The molecule has 0 aliphatic carbocycles. The van der Waals surface area contributed by atoms with Crippen LogP contribution in [0.2, 0.25) is 0 Å². The summed E-state index contributed by atoms with van der Waals surface area (Å²) in [7, 11) is -3.66. The number of aryl methyl sites for hydroxylation is 1. The third-order valence-corrected chi connectivity index (χ3v) is 7.77. The Kier molecular flexibility index (Phi) is 6.33. The lowest BCUT2D eigenvalue weighted by Crippen LogP contribution is -2.35. The molecule has 1 aliphatic heterocycles. The van der Waals surface area contributed by atoms with Crippen LogP contribution in [0.25, 0.3) is 0 Å². The molecule has 32 heavy (non-hydrogen) atoms. The van der Waals surface area contributed by atoms with Crippen LogP contribution < -0.4 is 9.62 Å². The molecule has 1 atom stereocenters. The summed E-state index contributed by atoms with van der Waals surface area (Å²) in [6.07, 6.45) is 3.90. The molecule has 0 saturated heterocycles. The van der Waals surface area contributed by atoms with E-state index in [1.165, 1.54) is 9.87 Å². The second-order valence-corrected chi connectivity index (χ2v) is 10.1. The first-order valence-corrected chi connectivity index (χ1v) is 12.5. The zero-order chi connectivity index (χ0) is 22.7. The number of carbonyl (C=O) groups excluding carboxylic acids is 1. The molecule has 4 rings (SSSR count). The van der Waals surface area contributed by atoms with Crippen LogP contribution in [0.15, 0.2) is 77.7 Å². The SMILES string of the molecule is CCCCc1ccc(NC(=O)c2ccc3c(c2)C[C@H](C)N3S(=O)(=O)c2ccccc2)cc1. The maximum Gasteiger partial charge on any atom is 0.264 e. The predicted molar refractivity (Wildman–Crippen MR) is 129 cm³/mol. The molecule has 0 bridgehead atoms. The van der Waals surface area contributed by atoms with Gasteiger partial charge in [-0.15, -0.1) is 0 Å². The van der Waals surface area contributed by atoms with Gasteiger partial charge < -0.3 is 5.32 Å². The van der Waals surface area contributed by atoms with Crippen LogP contribution in [0.1, 0.15) is 48.2 Å². The summed E-state index contributed by atoms with van der Waals surface area (Å²) in [5.41, 5.74) is 4.02. The first-order valence-electron chi connectivity index (χ1n) is 11.0. The topological polar surface area (TPSA) is 66.5 Å². The van der Waals surface area contributed by atoms with Gasteiger partial charge in [-0.05, 0) is 79.8 Å². The highest BCUT2D eigenvalue weighted by Gasteiger charge is 2.36. The van der Waals surface area contributed by atoms with E-state index in [4.69, 9.17) is 0 Å². The van der Waals surface area contributed by atoms with Crippen LogP contribution in [0, 0.1) is 0 Å². The Morgan fingerprint density at radius 1 is 1.03 bits per heavy atom. The summed E-state index contributed by atoms with van der Waals surface area (Å²) in [6.45, 7) is 4.06. The molecule has 0 unspecified atom stereocenters. The van der Waals surface area contributed by atoms with Gasteiger partial charge in [-0.2, -0.15) is 0 Å². The molecular weight excluding hydrogens is 420 g/mol. The van der Waals surface area contributed by atoms with Crippen molar-refractivity contribution in [3.05, 3.63) is 89.5 Å². The minimum Gasteiger partial charge on any atom is -0.322 e. The van der Waals surface area contributed by atoms with E-state index >= 15 is 0 Å². The van der Waals surface area contributed by atoms with E-state index in [-0.39, 0.29) is 16.8 Å². The van der Waals surface area contributed by atoms with Crippen molar-refractivity contribution in [1.82, 2.24) is 0 Å². The summed E-state index contributed by atoms with van der Waals surface area (Å²) in [6, 6.07) is 21.4. The fourth-order valence-electron chi connectivity index (χ4n) is 4.16. The fourth-order valence-corrected chi connectivity index (χ4v) is 5.87. The van der Waals surface area contributed by atoms with Crippen LogP contribution >= 0.6 is 0 Å². The van der Waals surface area contributed by atoms with E-state index in [0.717, 1.165) is 30.5 Å². The zero-order valence-corrected chi connectivity index (χ0v) is 19.2. The van der Waals surface area contributed by atoms with Crippen molar-refractivity contribution in [3.8, 4) is 0 Å². The predicted octanol–water partition coefficient (Wildman–Crippen LogP) is 5.42. The molecule has 3 aromatic carbocycles. The Hall–Kier alpha value is -3.12. The van der Waals surface area contributed by atoms with Gasteiger partial charge in [0.15, 0.2) is 0 Å². The highest BCUT2D eigenvalue weighted by Crippen LogP contribution is 2.37. The number of carbonyl (C=O) groups is 1. The van der Waals surface area contributed by atoms with Crippen LogP contribution in [0.3, 0.4) is 0 Å². The molecule has 0 aromatic heterocycles. The van der Waals surface area contributed by atoms with Crippen molar-refractivity contribution in [3.63, 3.8) is 0 Å². The third-order valence-electron chi connectivity index (χ3n) is 5.83. The van der Waals surface area contributed by atoms with Crippen molar-refractivity contribution in [1.29, 1.82) is 0 Å². The fraction of sp³-hybridized carbons (Fsp3) is 0.269. The average Bonchev–Trinajstić information content (AvgIpc) is 3.14. The van der Waals surface area contributed by atoms with E-state index in [2.05, 4.69) is 12.2 Å². The Morgan fingerprint density at radius 3 is 2.44 bits per heavy atom. The van der Waals surface area contributed by atoms with Crippen LogP contribution in [0.5, 0.6) is 0 Å². The molecule has 0 radical (unpaired) electrons. The Bertz CT molecular complexity index is 1210. The molecule has 3 aromatic rings. The van der Waals surface area contributed by atoms with Gasteiger partial charge in [-0.1, -0.05) is 43.7 Å². The molecule has 6 heteroatoms. The monoisotopic (exact) mass is 448 g/mol. The number of benzene rings is 3. The Morgan fingerprint density at radius 2 is 1.75 bits per heavy atom. The summed E-state index contributed by atoms with van der Waals surface area (Å²) in [5, 5.41) is 2.94. The van der Waals surface area contributed by atoms with Crippen molar-refractivity contribution in [2.45, 2.75) is 50.5 Å². The number of nitrogens with one attached hydrogen (secondary N) is 1.